The van der Waals surface area contributed by atoms with Crippen LogP contribution in [0.25, 0.3) is 0 Å². The molecule has 2 aliphatic heterocycles. The van der Waals surface area contributed by atoms with E-state index < -0.39 is 0 Å². The van der Waals surface area contributed by atoms with Crippen molar-refractivity contribution in [3.8, 4) is 5.75 Å². The number of nitrogens with zero attached hydrogens (tertiary/aromatic N) is 2. The molecule has 0 radical (unpaired) electrons. The highest BCUT2D eigenvalue weighted by Gasteiger charge is 2.25. The van der Waals surface area contributed by atoms with Crippen molar-refractivity contribution in [2.45, 2.75) is 19.0 Å². The molecule has 0 spiro atoms. The van der Waals surface area contributed by atoms with E-state index in [4.69, 9.17) is 0 Å². The van der Waals surface area contributed by atoms with Crippen molar-refractivity contribution < 1.29 is 9.50 Å². The number of phenolic OH excluding ortho intramolecular Hbond substituents is 1. The van der Waals surface area contributed by atoms with E-state index in [0.29, 0.717) is 12.6 Å². The summed E-state index contributed by atoms with van der Waals surface area (Å²) in [6, 6.07) is 4.99. The summed E-state index contributed by atoms with van der Waals surface area (Å²) in [5.74, 6) is -0.355. The van der Waals surface area contributed by atoms with Gasteiger partial charge in [0, 0.05) is 51.4 Å². The Kier molecular flexibility index (Phi) is 4.19. The lowest BCUT2D eigenvalue weighted by atomic mass is 10.1. The quantitative estimate of drug-likeness (QED) is 0.866. The molecular weight excluding hydrogens is 257 g/mol. The fraction of sp³-hybridized carbons (Fsp3) is 0.600. The summed E-state index contributed by atoms with van der Waals surface area (Å²) in [5.41, 5.74) is 0.846. The Labute approximate surface area is 119 Å². The third kappa shape index (κ3) is 3.29. The zero-order valence-corrected chi connectivity index (χ0v) is 11.7. The second kappa shape index (κ2) is 6.08. The third-order valence-electron chi connectivity index (χ3n) is 4.31. The zero-order valence-electron chi connectivity index (χ0n) is 11.7. The maximum Gasteiger partial charge on any atom is 0.127 e. The van der Waals surface area contributed by atoms with Crippen LogP contribution in [0.2, 0.25) is 0 Å². The number of aromatic hydroxyl groups is 1. The molecule has 20 heavy (non-hydrogen) atoms. The number of hydrogen-bond donors (Lipinski definition) is 2. The molecule has 2 N–H and O–H groups in total. The molecule has 3 rings (SSSR count). The predicted octanol–water partition coefficient (Wildman–Crippen LogP) is 1.01. The fourth-order valence-electron chi connectivity index (χ4n) is 3.22. The SMILES string of the molecule is Oc1cc(F)cc(CN2CCN(C3CCNC3)CC2)c1. The molecule has 0 aromatic heterocycles. The first-order valence-electron chi connectivity index (χ1n) is 7.36. The topological polar surface area (TPSA) is 38.7 Å². The molecule has 0 saturated carbocycles. The van der Waals surface area contributed by atoms with Gasteiger partial charge in [0.25, 0.3) is 0 Å². The lowest BCUT2D eigenvalue weighted by molar-refractivity contribution is 0.0980. The lowest BCUT2D eigenvalue weighted by Gasteiger charge is -2.37. The first kappa shape index (κ1) is 13.8. The van der Waals surface area contributed by atoms with Gasteiger partial charge in [-0.2, -0.15) is 0 Å². The van der Waals surface area contributed by atoms with Crippen LogP contribution in [0.1, 0.15) is 12.0 Å². The molecule has 2 heterocycles. The van der Waals surface area contributed by atoms with Crippen molar-refractivity contribution >= 4 is 0 Å². The van der Waals surface area contributed by atoms with Gasteiger partial charge in [0.1, 0.15) is 11.6 Å². The van der Waals surface area contributed by atoms with Crippen LogP contribution >= 0.6 is 0 Å². The van der Waals surface area contributed by atoms with Gasteiger partial charge in [0.2, 0.25) is 0 Å². The molecule has 2 saturated heterocycles. The maximum atomic E-state index is 13.3. The van der Waals surface area contributed by atoms with Gasteiger partial charge in [-0.25, -0.2) is 4.39 Å². The number of piperazine rings is 1. The molecule has 1 aromatic rings. The van der Waals surface area contributed by atoms with Gasteiger partial charge in [-0.1, -0.05) is 0 Å². The number of hydrogen-bond acceptors (Lipinski definition) is 4. The Hall–Kier alpha value is -1.17. The molecule has 1 atom stereocenters. The number of phenols is 1. The van der Waals surface area contributed by atoms with E-state index in [1.165, 1.54) is 12.5 Å². The Bertz CT molecular complexity index is 434. The highest BCUT2D eigenvalue weighted by atomic mass is 19.1. The number of rotatable bonds is 3. The summed E-state index contributed by atoms with van der Waals surface area (Å²) in [4.78, 5) is 4.88. The molecule has 0 aliphatic carbocycles. The largest absolute Gasteiger partial charge is 0.508 e. The van der Waals surface area contributed by atoms with Gasteiger partial charge in [-0.3, -0.25) is 9.80 Å². The summed E-state index contributed by atoms with van der Waals surface area (Å²) >= 11 is 0. The Morgan fingerprint density at radius 1 is 1.20 bits per heavy atom. The van der Waals surface area contributed by atoms with Crippen LogP contribution in [-0.4, -0.2) is 60.2 Å². The van der Waals surface area contributed by atoms with Crippen LogP contribution in [0, 0.1) is 5.82 Å². The Morgan fingerprint density at radius 3 is 2.65 bits per heavy atom. The molecule has 5 heteroatoms. The summed E-state index contributed by atoms with van der Waals surface area (Å²) in [5, 5.41) is 12.8. The number of nitrogens with one attached hydrogen (secondary N) is 1. The van der Waals surface area contributed by atoms with E-state index in [9.17, 15) is 9.50 Å². The molecule has 110 valence electrons. The Morgan fingerprint density at radius 2 is 2.00 bits per heavy atom. The van der Waals surface area contributed by atoms with Gasteiger partial charge < -0.3 is 10.4 Å². The normalized spacial score (nSPS) is 25.1. The molecule has 2 fully saturated rings. The third-order valence-corrected chi connectivity index (χ3v) is 4.31. The monoisotopic (exact) mass is 279 g/mol. The first-order valence-corrected chi connectivity index (χ1v) is 7.36. The van der Waals surface area contributed by atoms with Gasteiger partial charge in [-0.15, -0.1) is 0 Å². The summed E-state index contributed by atoms with van der Waals surface area (Å²) in [6.07, 6.45) is 1.25. The number of benzene rings is 1. The summed E-state index contributed by atoms with van der Waals surface area (Å²) < 4.78 is 13.3. The minimum atomic E-state index is -0.365. The summed E-state index contributed by atoms with van der Waals surface area (Å²) in [6.45, 7) is 7.12. The standard InChI is InChI=1S/C15H22FN3O/c16-13-7-12(8-15(20)9-13)11-18-3-5-19(6-4-18)14-1-2-17-10-14/h7-9,14,17,20H,1-6,10-11H2. The second-order valence-corrected chi connectivity index (χ2v) is 5.78. The van der Waals surface area contributed by atoms with Crippen LogP contribution in [0.15, 0.2) is 18.2 Å². The molecule has 0 bridgehead atoms. The van der Waals surface area contributed by atoms with Crippen molar-refractivity contribution in [3.05, 3.63) is 29.6 Å². The average Bonchev–Trinajstić information content (AvgIpc) is 2.92. The van der Waals surface area contributed by atoms with Crippen molar-refractivity contribution in [1.29, 1.82) is 0 Å². The minimum Gasteiger partial charge on any atom is -0.508 e. The first-order chi connectivity index (χ1) is 9.70. The average molecular weight is 279 g/mol. The molecule has 2 aliphatic rings. The molecule has 0 amide bonds. The molecule has 1 unspecified atom stereocenters. The van der Waals surface area contributed by atoms with Gasteiger partial charge >= 0.3 is 0 Å². The van der Waals surface area contributed by atoms with Crippen molar-refractivity contribution in [2.75, 3.05) is 39.3 Å². The van der Waals surface area contributed by atoms with E-state index in [-0.39, 0.29) is 11.6 Å². The van der Waals surface area contributed by atoms with E-state index in [1.54, 1.807) is 6.07 Å². The van der Waals surface area contributed by atoms with E-state index in [2.05, 4.69) is 15.1 Å². The van der Waals surface area contributed by atoms with E-state index in [0.717, 1.165) is 50.9 Å². The Balaban J connectivity index is 1.53. The van der Waals surface area contributed by atoms with Gasteiger partial charge in [0.15, 0.2) is 0 Å². The van der Waals surface area contributed by atoms with Crippen molar-refractivity contribution in [1.82, 2.24) is 15.1 Å². The van der Waals surface area contributed by atoms with Crippen LogP contribution in [0.4, 0.5) is 4.39 Å². The van der Waals surface area contributed by atoms with E-state index >= 15 is 0 Å². The molecule has 1 aromatic carbocycles. The van der Waals surface area contributed by atoms with Crippen molar-refractivity contribution in [2.24, 2.45) is 0 Å². The lowest BCUT2D eigenvalue weighted by Crippen LogP contribution is -2.50. The molecule has 4 nitrogen and oxygen atoms in total. The predicted molar refractivity (Wildman–Crippen MR) is 76.2 cm³/mol. The summed E-state index contributed by atoms with van der Waals surface area (Å²) in [7, 11) is 0. The molecular formula is C15H22FN3O. The van der Waals surface area contributed by atoms with Crippen molar-refractivity contribution in [3.63, 3.8) is 0 Å². The number of halogens is 1. The highest BCUT2D eigenvalue weighted by Crippen LogP contribution is 2.18. The van der Waals surface area contributed by atoms with Crippen LogP contribution in [0.3, 0.4) is 0 Å². The highest BCUT2D eigenvalue weighted by molar-refractivity contribution is 5.28. The fourth-order valence-corrected chi connectivity index (χ4v) is 3.22. The second-order valence-electron chi connectivity index (χ2n) is 5.78. The maximum absolute atomic E-state index is 13.3. The van der Waals surface area contributed by atoms with Crippen LogP contribution in [0.5, 0.6) is 5.75 Å². The minimum absolute atomic E-state index is 0.00988. The van der Waals surface area contributed by atoms with Crippen LogP contribution in [-0.2, 0) is 6.54 Å². The smallest absolute Gasteiger partial charge is 0.127 e. The van der Waals surface area contributed by atoms with Crippen LogP contribution < -0.4 is 5.32 Å². The zero-order chi connectivity index (χ0) is 13.9. The van der Waals surface area contributed by atoms with E-state index in [1.807, 2.05) is 0 Å². The van der Waals surface area contributed by atoms with Gasteiger partial charge in [-0.05, 0) is 30.7 Å². The van der Waals surface area contributed by atoms with Gasteiger partial charge in [0.05, 0.1) is 0 Å².